The molecule has 98 valence electrons. The fraction of sp³-hybridized carbons (Fsp3) is 0.571. The van der Waals surface area contributed by atoms with Gasteiger partial charge in [0.15, 0.2) is 0 Å². The van der Waals surface area contributed by atoms with Gasteiger partial charge in [-0.25, -0.2) is 4.98 Å². The van der Waals surface area contributed by atoms with E-state index in [2.05, 4.69) is 4.98 Å². The molecule has 1 amide bonds. The lowest BCUT2D eigenvalue weighted by Gasteiger charge is -2.35. The van der Waals surface area contributed by atoms with Crippen molar-refractivity contribution in [2.75, 3.05) is 13.7 Å². The quantitative estimate of drug-likeness (QED) is 0.807. The molecule has 1 unspecified atom stereocenters. The predicted octanol–water partition coefficient (Wildman–Crippen LogP) is 2.47. The molecule has 1 fully saturated rings. The Hall–Kier alpha value is -1.58. The molecule has 2 heterocycles. The van der Waals surface area contributed by atoms with Gasteiger partial charge >= 0.3 is 0 Å². The molecular weight excluding hydrogens is 228 g/mol. The second-order valence-electron chi connectivity index (χ2n) is 4.75. The van der Waals surface area contributed by atoms with Crippen molar-refractivity contribution in [2.45, 2.75) is 39.2 Å². The Morgan fingerprint density at radius 3 is 2.83 bits per heavy atom. The number of carbonyl (C=O) groups is 1. The van der Waals surface area contributed by atoms with Crippen LogP contribution in [0.25, 0.3) is 0 Å². The van der Waals surface area contributed by atoms with Crippen molar-refractivity contribution in [3.8, 4) is 5.88 Å². The van der Waals surface area contributed by atoms with Gasteiger partial charge in [-0.2, -0.15) is 0 Å². The molecule has 0 radical (unpaired) electrons. The SMILES string of the molecule is COc1ccc(C2CCCCN2C(C)=O)c(C)n1. The first-order chi connectivity index (χ1) is 8.63. The molecule has 1 atom stereocenters. The highest BCUT2D eigenvalue weighted by molar-refractivity contribution is 5.74. The van der Waals surface area contributed by atoms with Crippen molar-refractivity contribution in [3.05, 3.63) is 23.4 Å². The third-order valence-corrected chi connectivity index (χ3v) is 3.58. The van der Waals surface area contributed by atoms with Crippen LogP contribution < -0.4 is 4.74 Å². The van der Waals surface area contributed by atoms with Gasteiger partial charge in [-0.05, 0) is 37.8 Å². The summed E-state index contributed by atoms with van der Waals surface area (Å²) in [4.78, 5) is 18.1. The lowest BCUT2D eigenvalue weighted by molar-refractivity contribution is -0.132. The third kappa shape index (κ3) is 2.47. The van der Waals surface area contributed by atoms with Crippen molar-refractivity contribution in [1.29, 1.82) is 0 Å². The first-order valence-corrected chi connectivity index (χ1v) is 6.42. The van der Waals surface area contributed by atoms with Crippen molar-refractivity contribution in [2.24, 2.45) is 0 Å². The van der Waals surface area contributed by atoms with Gasteiger partial charge in [0.25, 0.3) is 0 Å². The molecule has 1 aromatic heterocycles. The van der Waals surface area contributed by atoms with E-state index >= 15 is 0 Å². The summed E-state index contributed by atoms with van der Waals surface area (Å²) in [5.74, 6) is 0.774. The summed E-state index contributed by atoms with van der Waals surface area (Å²) >= 11 is 0. The maximum Gasteiger partial charge on any atom is 0.219 e. The lowest BCUT2D eigenvalue weighted by atomic mass is 9.94. The first-order valence-electron chi connectivity index (χ1n) is 6.42. The zero-order valence-corrected chi connectivity index (χ0v) is 11.3. The normalized spacial score (nSPS) is 19.7. The van der Waals surface area contributed by atoms with E-state index in [0.717, 1.165) is 30.6 Å². The topological polar surface area (TPSA) is 42.4 Å². The number of pyridine rings is 1. The average molecular weight is 248 g/mol. The fourth-order valence-corrected chi connectivity index (χ4v) is 2.65. The molecule has 4 nitrogen and oxygen atoms in total. The largest absolute Gasteiger partial charge is 0.481 e. The number of ether oxygens (including phenoxy) is 1. The van der Waals surface area contributed by atoms with Crippen molar-refractivity contribution in [1.82, 2.24) is 9.88 Å². The van der Waals surface area contributed by atoms with Crippen molar-refractivity contribution in [3.63, 3.8) is 0 Å². The molecule has 0 spiro atoms. The number of amides is 1. The minimum absolute atomic E-state index is 0.148. The zero-order valence-electron chi connectivity index (χ0n) is 11.3. The standard InChI is InChI=1S/C14H20N2O2/c1-10-12(7-8-14(15-10)18-3)13-6-4-5-9-16(13)11(2)17/h7-8,13H,4-6,9H2,1-3H3. The van der Waals surface area contributed by atoms with Gasteiger partial charge in [-0.1, -0.05) is 0 Å². The highest BCUT2D eigenvalue weighted by Crippen LogP contribution is 2.32. The maximum absolute atomic E-state index is 11.7. The number of hydrogen-bond acceptors (Lipinski definition) is 3. The Morgan fingerprint density at radius 1 is 1.44 bits per heavy atom. The molecule has 4 heteroatoms. The van der Waals surface area contributed by atoms with Gasteiger partial charge in [-0.3, -0.25) is 4.79 Å². The summed E-state index contributed by atoms with van der Waals surface area (Å²) in [6, 6.07) is 4.08. The van der Waals surface area contributed by atoms with E-state index in [0.29, 0.717) is 5.88 Å². The fourth-order valence-electron chi connectivity index (χ4n) is 2.65. The second kappa shape index (κ2) is 5.38. The van der Waals surface area contributed by atoms with Crippen molar-refractivity contribution >= 4 is 5.91 Å². The number of piperidine rings is 1. The van der Waals surface area contributed by atoms with Gasteiger partial charge in [0.2, 0.25) is 11.8 Å². The molecule has 0 N–H and O–H groups in total. The van der Waals surface area contributed by atoms with Crippen LogP contribution in [-0.2, 0) is 4.79 Å². The number of carbonyl (C=O) groups excluding carboxylic acids is 1. The summed E-state index contributed by atoms with van der Waals surface area (Å²) in [6.45, 7) is 4.47. The Balaban J connectivity index is 2.31. The van der Waals surface area contributed by atoms with Gasteiger partial charge in [0.05, 0.1) is 13.2 Å². The van der Waals surface area contributed by atoms with Crippen LogP contribution in [0.5, 0.6) is 5.88 Å². The van der Waals surface area contributed by atoms with Gasteiger partial charge in [0.1, 0.15) is 0 Å². The van der Waals surface area contributed by atoms with Crippen LogP contribution in [0.4, 0.5) is 0 Å². The van der Waals surface area contributed by atoms with E-state index in [9.17, 15) is 4.79 Å². The highest BCUT2D eigenvalue weighted by Gasteiger charge is 2.27. The lowest BCUT2D eigenvalue weighted by Crippen LogP contribution is -2.37. The number of aromatic nitrogens is 1. The molecule has 0 saturated carbocycles. The van der Waals surface area contributed by atoms with E-state index in [1.54, 1.807) is 14.0 Å². The number of hydrogen-bond donors (Lipinski definition) is 0. The molecule has 1 aromatic rings. The van der Waals surface area contributed by atoms with E-state index in [-0.39, 0.29) is 11.9 Å². The Kier molecular flexibility index (Phi) is 3.84. The molecule has 0 bridgehead atoms. The molecule has 18 heavy (non-hydrogen) atoms. The van der Waals surface area contributed by atoms with Gasteiger partial charge < -0.3 is 9.64 Å². The summed E-state index contributed by atoms with van der Waals surface area (Å²) in [5, 5.41) is 0. The second-order valence-corrected chi connectivity index (χ2v) is 4.75. The summed E-state index contributed by atoms with van der Waals surface area (Å²) in [6.07, 6.45) is 3.28. The molecular formula is C14H20N2O2. The minimum Gasteiger partial charge on any atom is -0.481 e. The summed E-state index contributed by atoms with van der Waals surface area (Å²) < 4.78 is 5.12. The van der Waals surface area contributed by atoms with E-state index in [1.165, 1.54) is 6.42 Å². The molecule has 0 aliphatic carbocycles. The number of likely N-dealkylation sites (tertiary alicyclic amines) is 1. The van der Waals surface area contributed by atoms with Crippen LogP contribution in [0.1, 0.15) is 43.5 Å². The molecule has 1 saturated heterocycles. The number of aryl methyl sites for hydroxylation is 1. The van der Waals surface area contributed by atoms with Gasteiger partial charge in [-0.15, -0.1) is 0 Å². The van der Waals surface area contributed by atoms with Crippen molar-refractivity contribution < 1.29 is 9.53 Å². The van der Waals surface area contributed by atoms with Crippen LogP contribution in [0.2, 0.25) is 0 Å². The monoisotopic (exact) mass is 248 g/mol. The number of methoxy groups -OCH3 is 1. The molecule has 1 aliphatic rings. The predicted molar refractivity (Wildman–Crippen MR) is 69.5 cm³/mol. The Labute approximate surface area is 108 Å². The van der Waals surface area contributed by atoms with Crippen LogP contribution in [0, 0.1) is 6.92 Å². The Morgan fingerprint density at radius 2 is 2.22 bits per heavy atom. The average Bonchev–Trinajstić information content (AvgIpc) is 2.38. The summed E-state index contributed by atoms with van der Waals surface area (Å²) in [7, 11) is 1.62. The van der Waals surface area contributed by atoms with E-state index in [1.807, 2.05) is 24.0 Å². The van der Waals surface area contributed by atoms with Gasteiger partial charge in [0, 0.05) is 25.2 Å². The minimum atomic E-state index is 0.148. The summed E-state index contributed by atoms with van der Waals surface area (Å²) in [5.41, 5.74) is 2.10. The van der Waals surface area contributed by atoms with Crippen LogP contribution >= 0.6 is 0 Å². The highest BCUT2D eigenvalue weighted by atomic mass is 16.5. The Bertz CT molecular complexity index is 445. The first kappa shape index (κ1) is 12.9. The number of rotatable bonds is 2. The van der Waals surface area contributed by atoms with E-state index < -0.39 is 0 Å². The molecule has 1 aliphatic heterocycles. The molecule has 0 aromatic carbocycles. The molecule has 2 rings (SSSR count). The van der Waals surface area contributed by atoms with Crippen LogP contribution in [0.15, 0.2) is 12.1 Å². The van der Waals surface area contributed by atoms with Crippen LogP contribution in [0.3, 0.4) is 0 Å². The number of nitrogens with zero attached hydrogens (tertiary/aromatic N) is 2. The van der Waals surface area contributed by atoms with Crippen LogP contribution in [-0.4, -0.2) is 29.4 Å². The zero-order chi connectivity index (χ0) is 13.1. The maximum atomic E-state index is 11.7. The smallest absolute Gasteiger partial charge is 0.219 e. The third-order valence-electron chi connectivity index (χ3n) is 3.58. The van der Waals surface area contributed by atoms with E-state index in [4.69, 9.17) is 4.74 Å².